The minimum Gasteiger partial charge on any atom is -0.486 e. The number of benzene rings is 2. The molecule has 24 heavy (non-hydrogen) atoms. The van der Waals surface area contributed by atoms with Crippen LogP contribution in [-0.4, -0.2) is 31.8 Å². The van der Waals surface area contributed by atoms with E-state index in [2.05, 4.69) is 21.2 Å². The zero-order valence-electron chi connectivity index (χ0n) is 13.3. The van der Waals surface area contributed by atoms with E-state index in [0.29, 0.717) is 24.7 Å². The first-order valence-electron chi connectivity index (χ1n) is 7.66. The van der Waals surface area contributed by atoms with Gasteiger partial charge in [-0.05, 0) is 52.7 Å². The lowest BCUT2D eigenvalue weighted by Crippen LogP contribution is -2.42. The van der Waals surface area contributed by atoms with Crippen LogP contribution in [0.25, 0.3) is 0 Å². The zero-order valence-corrected chi connectivity index (χ0v) is 14.8. The Morgan fingerprint density at radius 2 is 2.08 bits per heavy atom. The summed E-state index contributed by atoms with van der Waals surface area (Å²) in [6.45, 7) is 2.71. The summed E-state index contributed by atoms with van der Waals surface area (Å²) in [4.78, 5) is 11.9. The molecule has 126 valence electrons. The highest BCUT2D eigenvalue weighted by molar-refractivity contribution is 9.10. The number of halogens is 1. The predicted octanol–water partition coefficient (Wildman–Crippen LogP) is 3.09. The molecular formula is C18H18BrNO4. The van der Waals surface area contributed by atoms with Crippen molar-refractivity contribution in [2.75, 3.05) is 19.8 Å². The maximum absolute atomic E-state index is 11.9. The number of rotatable bonds is 5. The Kier molecular flexibility index (Phi) is 5.25. The molecule has 1 N–H and O–H groups in total. The van der Waals surface area contributed by atoms with Crippen LogP contribution in [0.15, 0.2) is 46.9 Å². The molecule has 0 saturated carbocycles. The number of hydrogen-bond donors (Lipinski definition) is 1. The van der Waals surface area contributed by atoms with Crippen molar-refractivity contribution >= 4 is 21.8 Å². The van der Waals surface area contributed by atoms with Gasteiger partial charge in [-0.1, -0.05) is 18.2 Å². The Morgan fingerprint density at radius 3 is 2.88 bits per heavy atom. The first kappa shape index (κ1) is 16.6. The molecule has 0 bridgehead atoms. The molecule has 6 heteroatoms. The second kappa shape index (κ2) is 7.57. The third-order valence-electron chi connectivity index (χ3n) is 3.54. The van der Waals surface area contributed by atoms with Crippen LogP contribution in [0.1, 0.15) is 5.56 Å². The van der Waals surface area contributed by atoms with E-state index in [1.165, 1.54) is 0 Å². The topological polar surface area (TPSA) is 56.8 Å². The van der Waals surface area contributed by atoms with Crippen LogP contribution in [0.5, 0.6) is 17.2 Å². The highest BCUT2D eigenvalue weighted by Crippen LogP contribution is 2.30. The predicted molar refractivity (Wildman–Crippen MR) is 93.7 cm³/mol. The molecule has 5 nitrogen and oxygen atoms in total. The smallest absolute Gasteiger partial charge is 0.258 e. The first-order chi connectivity index (χ1) is 11.6. The Labute approximate surface area is 149 Å². The molecule has 1 aliphatic rings. The summed E-state index contributed by atoms with van der Waals surface area (Å²) in [5.41, 5.74) is 1.12. The molecular weight excluding hydrogens is 374 g/mol. The molecule has 0 fully saturated rings. The van der Waals surface area contributed by atoms with Crippen LogP contribution in [0, 0.1) is 6.92 Å². The number of amides is 1. The summed E-state index contributed by atoms with van der Waals surface area (Å²) >= 11 is 3.42. The average molecular weight is 392 g/mol. The molecule has 0 aliphatic carbocycles. The van der Waals surface area contributed by atoms with Gasteiger partial charge >= 0.3 is 0 Å². The average Bonchev–Trinajstić information content (AvgIpc) is 2.59. The molecule has 1 atom stereocenters. The molecule has 2 aromatic rings. The lowest BCUT2D eigenvalue weighted by Gasteiger charge is -2.26. The van der Waals surface area contributed by atoms with E-state index >= 15 is 0 Å². The third-order valence-corrected chi connectivity index (χ3v) is 4.16. The molecule has 1 heterocycles. The van der Waals surface area contributed by atoms with Gasteiger partial charge in [0.2, 0.25) is 0 Å². The lowest BCUT2D eigenvalue weighted by molar-refractivity contribution is -0.123. The number of aryl methyl sites for hydroxylation is 1. The highest BCUT2D eigenvalue weighted by Gasteiger charge is 2.21. The Balaban J connectivity index is 1.45. The minimum atomic E-state index is -0.213. The minimum absolute atomic E-state index is 0.0498. The fraction of sp³-hybridized carbons (Fsp3) is 0.278. The second-order valence-corrected chi connectivity index (χ2v) is 6.38. The summed E-state index contributed by atoms with van der Waals surface area (Å²) in [5, 5.41) is 2.80. The molecule has 0 aromatic heterocycles. The van der Waals surface area contributed by atoms with Crippen LogP contribution >= 0.6 is 15.9 Å². The number of carbonyl (C=O) groups is 1. The van der Waals surface area contributed by atoms with Crippen molar-refractivity contribution in [2.45, 2.75) is 13.0 Å². The van der Waals surface area contributed by atoms with Gasteiger partial charge in [0.05, 0.1) is 11.0 Å². The van der Waals surface area contributed by atoms with Gasteiger partial charge in [-0.25, -0.2) is 0 Å². The summed E-state index contributed by atoms with van der Waals surface area (Å²) in [6.07, 6.45) is -0.213. The summed E-state index contributed by atoms with van der Waals surface area (Å²) in [7, 11) is 0. The van der Waals surface area contributed by atoms with Crippen LogP contribution < -0.4 is 19.5 Å². The van der Waals surface area contributed by atoms with Gasteiger partial charge in [0, 0.05) is 0 Å². The molecule has 0 spiro atoms. The van der Waals surface area contributed by atoms with E-state index in [-0.39, 0.29) is 18.6 Å². The van der Waals surface area contributed by atoms with Gasteiger partial charge < -0.3 is 19.5 Å². The van der Waals surface area contributed by atoms with E-state index in [0.717, 1.165) is 15.8 Å². The Hall–Kier alpha value is -2.21. The van der Waals surface area contributed by atoms with Crippen molar-refractivity contribution in [1.29, 1.82) is 0 Å². The maximum Gasteiger partial charge on any atom is 0.258 e. The number of hydrogen-bond acceptors (Lipinski definition) is 4. The number of para-hydroxylation sites is 2. The molecule has 2 aromatic carbocycles. The molecule has 1 amide bonds. The van der Waals surface area contributed by atoms with Gasteiger partial charge in [-0.2, -0.15) is 0 Å². The van der Waals surface area contributed by atoms with E-state index in [9.17, 15) is 4.79 Å². The van der Waals surface area contributed by atoms with Crippen molar-refractivity contribution < 1.29 is 19.0 Å². The standard InChI is InChI=1S/C18H18BrNO4/c1-12-6-7-15(14(19)8-12)23-11-18(21)20-9-13-10-22-16-4-2-3-5-17(16)24-13/h2-8,13H,9-11H2,1H3,(H,20,21)/t13-/m0/s1. The van der Waals surface area contributed by atoms with E-state index < -0.39 is 0 Å². The van der Waals surface area contributed by atoms with Crippen LogP contribution in [0.4, 0.5) is 0 Å². The number of nitrogens with one attached hydrogen (secondary N) is 1. The summed E-state index contributed by atoms with van der Waals surface area (Å²) < 4.78 is 17.7. The van der Waals surface area contributed by atoms with Crippen molar-refractivity contribution in [3.63, 3.8) is 0 Å². The fourth-order valence-electron chi connectivity index (χ4n) is 2.31. The normalized spacial score (nSPS) is 15.7. The van der Waals surface area contributed by atoms with Crippen LogP contribution in [0.3, 0.4) is 0 Å². The van der Waals surface area contributed by atoms with Crippen molar-refractivity contribution in [2.24, 2.45) is 0 Å². The molecule has 1 aliphatic heterocycles. The molecule has 0 radical (unpaired) electrons. The van der Waals surface area contributed by atoms with E-state index in [1.807, 2.05) is 49.4 Å². The van der Waals surface area contributed by atoms with Gasteiger partial charge in [0.1, 0.15) is 18.5 Å². The highest BCUT2D eigenvalue weighted by atomic mass is 79.9. The van der Waals surface area contributed by atoms with Crippen molar-refractivity contribution in [1.82, 2.24) is 5.32 Å². The van der Waals surface area contributed by atoms with Crippen molar-refractivity contribution in [3.8, 4) is 17.2 Å². The van der Waals surface area contributed by atoms with Crippen molar-refractivity contribution in [3.05, 3.63) is 52.5 Å². The maximum atomic E-state index is 11.9. The molecule has 3 rings (SSSR count). The largest absolute Gasteiger partial charge is 0.486 e. The molecule has 0 unspecified atom stereocenters. The lowest BCUT2D eigenvalue weighted by atomic mass is 10.2. The second-order valence-electron chi connectivity index (χ2n) is 5.52. The van der Waals surface area contributed by atoms with E-state index in [1.54, 1.807) is 0 Å². The number of carbonyl (C=O) groups excluding carboxylic acids is 1. The molecule has 0 saturated heterocycles. The number of fused-ring (bicyclic) bond motifs is 1. The number of ether oxygens (including phenoxy) is 3. The first-order valence-corrected chi connectivity index (χ1v) is 8.45. The fourth-order valence-corrected chi connectivity index (χ4v) is 2.92. The van der Waals surface area contributed by atoms with Crippen LogP contribution in [0.2, 0.25) is 0 Å². The van der Waals surface area contributed by atoms with Gasteiger partial charge in [0.25, 0.3) is 5.91 Å². The van der Waals surface area contributed by atoms with Gasteiger partial charge in [-0.15, -0.1) is 0 Å². The monoisotopic (exact) mass is 391 g/mol. The quantitative estimate of drug-likeness (QED) is 0.850. The third kappa shape index (κ3) is 4.20. The zero-order chi connectivity index (χ0) is 16.9. The Bertz CT molecular complexity index is 735. The van der Waals surface area contributed by atoms with Crippen LogP contribution in [-0.2, 0) is 4.79 Å². The van der Waals surface area contributed by atoms with Gasteiger partial charge in [-0.3, -0.25) is 4.79 Å². The van der Waals surface area contributed by atoms with E-state index in [4.69, 9.17) is 14.2 Å². The Morgan fingerprint density at radius 1 is 1.29 bits per heavy atom. The van der Waals surface area contributed by atoms with Gasteiger partial charge in [0.15, 0.2) is 18.1 Å². The SMILES string of the molecule is Cc1ccc(OCC(=O)NC[C@H]2COc3ccccc3O2)c(Br)c1. The summed E-state index contributed by atoms with van der Waals surface area (Å²) in [5.74, 6) is 1.86. The summed E-state index contributed by atoms with van der Waals surface area (Å²) in [6, 6.07) is 13.2.